The fraction of sp³-hybridized carbons (Fsp3) is 0.188. The number of halogens is 4. The van der Waals surface area contributed by atoms with Gasteiger partial charge >= 0.3 is 6.18 Å². The average molecular weight is 372 g/mol. The Morgan fingerprint density at radius 2 is 1.64 bits per heavy atom. The lowest BCUT2D eigenvalue weighted by Gasteiger charge is -2.22. The highest BCUT2D eigenvalue weighted by molar-refractivity contribution is 9.10. The van der Waals surface area contributed by atoms with E-state index in [2.05, 4.69) is 21.2 Å². The highest BCUT2D eigenvalue weighted by Crippen LogP contribution is 2.24. The maximum atomic E-state index is 13.1. The van der Waals surface area contributed by atoms with Gasteiger partial charge in [-0.05, 0) is 29.8 Å². The molecule has 2 rings (SSSR count). The third-order valence-corrected chi connectivity index (χ3v) is 3.62. The Balaban J connectivity index is 2.13. The predicted octanol–water partition coefficient (Wildman–Crippen LogP) is 4.35. The molecule has 0 bridgehead atoms. The Morgan fingerprint density at radius 1 is 1.05 bits per heavy atom. The van der Waals surface area contributed by atoms with E-state index in [0.717, 1.165) is 4.47 Å². The minimum atomic E-state index is -4.51. The molecule has 0 fully saturated rings. The van der Waals surface area contributed by atoms with Crippen molar-refractivity contribution in [3.63, 3.8) is 0 Å². The molecule has 1 amide bonds. The molecule has 6 heteroatoms. The fourth-order valence-electron chi connectivity index (χ4n) is 1.94. The third-order valence-electron chi connectivity index (χ3n) is 3.09. The normalized spacial score (nSPS) is 12.7. The number of nitrogens with one attached hydrogen (secondary N) is 1. The molecule has 22 heavy (non-hydrogen) atoms. The number of amides is 1. The third kappa shape index (κ3) is 4.59. The van der Waals surface area contributed by atoms with E-state index in [4.69, 9.17) is 0 Å². The highest BCUT2D eigenvalue weighted by Gasteiger charge is 2.40. The molecule has 116 valence electrons. The summed E-state index contributed by atoms with van der Waals surface area (Å²) in [6, 6.07) is 12.5. The summed E-state index contributed by atoms with van der Waals surface area (Å²) in [5.41, 5.74) is 0.700. The van der Waals surface area contributed by atoms with Crippen molar-refractivity contribution < 1.29 is 18.0 Å². The number of benzene rings is 2. The van der Waals surface area contributed by atoms with E-state index in [-0.39, 0.29) is 12.0 Å². The van der Waals surface area contributed by atoms with Crippen LogP contribution in [0.15, 0.2) is 59.1 Å². The first kappa shape index (κ1) is 16.5. The molecule has 0 aliphatic carbocycles. The van der Waals surface area contributed by atoms with Gasteiger partial charge in [-0.1, -0.05) is 46.3 Å². The molecule has 0 aliphatic rings. The van der Waals surface area contributed by atoms with E-state index >= 15 is 0 Å². The second-order valence-electron chi connectivity index (χ2n) is 4.76. The molecule has 1 N–H and O–H groups in total. The largest absolute Gasteiger partial charge is 0.408 e. The monoisotopic (exact) mass is 371 g/mol. The van der Waals surface area contributed by atoms with Gasteiger partial charge in [0.25, 0.3) is 5.91 Å². The van der Waals surface area contributed by atoms with Crippen LogP contribution in [0, 0.1) is 0 Å². The van der Waals surface area contributed by atoms with Crippen molar-refractivity contribution in [2.24, 2.45) is 0 Å². The smallest absolute Gasteiger partial charge is 0.340 e. The molecule has 2 nitrogen and oxygen atoms in total. The van der Waals surface area contributed by atoms with Crippen molar-refractivity contribution in [1.82, 2.24) is 5.32 Å². The zero-order chi connectivity index (χ0) is 16.2. The Hall–Kier alpha value is -1.82. The predicted molar refractivity (Wildman–Crippen MR) is 81.6 cm³/mol. The summed E-state index contributed by atoms with van der Waals surface area (Å²) in [6.45, 7) is 0. The lowest BCUT2D eigenvalue weighted by molar-refractivity contribution is -0.153. The van der Waals surface area contributed by atoms with Crippen LogP contribution < -0.4 is 5.32 Å². The fourth-order valence-corrected chi connectivity index (χ4v) is 2.21. The number of carbonyl (C=O) groups excluding carboxylic acids is 1. The summed E-state index contributed by atoms with van der Waals surface area (Å²) in [4.78, 5) is 12.0. The van der Waals surface area contributed by atoms with Crippen molar-refractivity contribution in [2.45, 2.75) is 18.6 Å². The molecule has 0 aromatic heterocycles. The molecule has 1 atom stereocenters. The molecule has 0 spiro atoms. The minimum Gasteiger partial charge on any atom is -0.340 e. The first-order chi connectivity index (χ1) is 10.4. The molecule has 2 aromatic carbocycles. The first-order valence-electron chi connectivity index (χ1n) is 6.53. The van der Waals surface area contributed by atoms with Crippen molar-refractivity contribution in [3.05, 3.63) is 70.2 Å². The molecule has 0 aliphatic heterocycles. The first-order valence-corrected chi connectivity index (χ1v) is 7.32. The molecule has 0 radical (unpaired) electrons. The summed E-state index contributed by atoms with van der Waals surface area (Å²) < 4.78 is 40.1. The lowest BCUT2D eigenvalue weighted by atomic mass is 10.0. The van der Waals surface area contributed by atoms with Gasteiger partial charge in [-0.2, -0.15) is 13.2 Å². The summed E-state index contributed by atoms with van der Waals surface area (Å²) in [5, 5.41) is 2.06. The van der Waals surface area contributed by atoms with Crippen molar-refractivity contribution in [1.29, 1.82) is 0 Å². The summed E-state index contributed by atoms with van der Waals surface area (Å²) in [5.74, 6) is -0.745. The number of hydrogen-bond donors (Lipinski definition) is 1. The molecule has 0 unspecified atom stereocenters. The SMILES string of the molecule is O=C(N[C@@H](Cc1ccccc1)C(F)(F)F)c1ccc(Br)cc1. The summed E-state index contributed by atoms with van der Waals surface area (Å²) >= 11 is 3.21. The summed E-state index contributed by atoms with van der Waals surface area (Å²) in [6.07, 6.45) is -4.81. The van der Waals surface area contributed by atoms with Crippen molar-refractivity contribution >= 4 is 21.8 Å². The molecule has 0 saturated carbocycles. The number of rotatable bonds is 4. The van der Waals surface area contributed by atoms with Crippen LogP contribution in [0.5, 0.6) is 0 Å². The van der Waals surface area contributed by atoms with Gasteiger partial charge in [0.15, 0.2) is 0 Å². The van der Waals surface area contributed by atoms with Gasteiger partial charge in [0.1, 0.15) is 6.04 Å². The van der Waals surface area contributed by atoms with E-state index in [1.54, 1.807) is 42.5 Å². The van der Waals surface area contributed by atoms with E-state index in [1.165, 1.54) is 12.1 Å². The van der Waals surface area contributed by atoms with Gasteiger partial charge in [-0.3, -0.25) is 4.79 Å². The number of carbonyl (C=O) groups is 1. The zero-order valence-electron chi connectivity index (χ0n) is 11.4. The molecule has 0 saturated heterocycles. The zero-order valence-corrected chi connectivity index (χ0v) is 13.0. The van der Waals surface area contributed by atoms with E-state index in [1.807, 2.05) is 0 Å². The van der Waals surface area contributed by atoms with Crippen LogP contribution in [0.4, 0.5) is 13.2 Å². The van der Waals surface area contributed by atoms with E-state index in [9.17, 15) is 18.0 Å². The molecular weight excluding hydrogens is 359 g/mol. The van der Waals surface area contributed by atoms with E-state index < -0.39 is 18.1 Å². The summed E-state index contributed by atoms with van der Waals surface area (Å²) in [7, 11) is 0. The topological polar surface area (TPSA) is 29.1 Å². The van der Waals surface area contributed by atoms with Gasteiger partial charge < -0.3 is 5.32 Å². The Morgan fingerprint density at radius 3 is 2.18 bits per heavy atom. The Labute approximate surface area is 134 Å². The van der Waals surface area contributed by atoms with E-state index in [0.29, 0.717) is 5.56 Å². The number of hydrogen-bond acceptors (Lipinski definition) is 1. The lowest BCUT2D eigenvalue weighted by Crippen LogP contribution is -2.46. The molecular formula is C16H13BrF3NO. The maximum Gasteiger partial charge on any atom is 0.408 e. The Bertz CT molecular complexity index is 626. The quantitative estimate of drug-likeness (QED) is 0.850. The second kappa shape index (κ2) is 6.96. The maximum absolute atomic E-state index is 13.1. The average Bonchev–Trinajstić information content (AvgIpc) is 2.47. The van der Waals surface area contributed by atoms with Crippen LogP contribution in [-0.4, -0.2) is 18.1 Å². The van der Waals surface area contributed by atoms with Crippen LogP contribution in [0.3, 0.4) is 0 Å². The van der Waals surface area contributed by atoms with Crippen molar-refractivity contribution in [3.8, 4) is 0 Å². The van der Waals surface area contributed by atoms with Gasteiger partial charge in [0, 0.05) is 16.5 Å². The van der Waals surface area contributed by atoms with Crippen LogP contribution in [0.1, 0.15) is 15.9 Å². The standard InChI is InChI=1S/C16H13BrF3NO/c17-13-8-6-12(7-9-13)15(22)21-14(16(18,19)20)10-11-4-2-1-3-5-11/h1-9,14H,10H2,(H,21,22)/t14-/m0/s1. The van der Waals surface area contributed by atoms with Gasteiger partial charge in [-0.15, -0.1) is 0 Å². The number of alkyl halides is 3. The van der Waals surface area contributed by atoms with Crippen LogP contribution in [0.25, 0.3) is 0 Å². The molecule has 2 aromatic rings. The molecule has 0 heterocycles. The van der Waals surface area contributed by atoms with Crippen LogP contribution in [-0.2, 0) is 6.42 Å². The second-order valence-corrected chi connectivity index (χ2v) is 5.68. The van der Waals surface area contributed by atoms with Gasteiger partial charge in [-0.25, -0.2) is 0 Å². The van der Waals surface area contributed by atoms with Gasteiger partial charge in [0.2, 0.25) is 0 Å². The van der Waals surface area contributed by atoms with Crippen LogP contribution >= 0.6 is 15.9 Å². The highest BCUT2D eigenvalue weighted by atomic mass is 79.9. The Kier molecular flexibility index (Phi) is 5.24. The van der Waals surface area contributed by atoms with Crippen molar-refractivity contribution in [2.75, 3.05) is 0 Å². The minimum absolute atomic E-state index is 0.186. The van der Waals surface area contributed by atoms with Gasteiger partial charge in [0.05, 0.1) is 0 Å². The van der Waals surface area contributed by atoms with Crippen LogP contribution in [0.2, 0.25) is 0 Å².